The highest BCUT2D eigenvalue weighted by atomic mass is 32.2. The van der Waals surface area contributed by atoms with E-state index in [-0.39, 0.29) is 27.8 Å². The van der Waals surface area contributed by atoms with E-state index < -0.39 is 27.9 Å². The molecule has 0 fully saturated rings. The molecule has 0 spiro atoms. The van der Waals surface area contributed by atoms with E-state index in [2.05, 4.69) is 23.8 Å². The van der Waals surface area contributed by atoms with Crippen LogP contribution in [0.2, 0.25) is 0 Å². The minimum Gasteiger partial charge on any atom is -0.481 e. The average molecular weight is 526 g/mol. The Morgan fingerprint density at radius 1 is 1.15 bits per heavy atom. The van der Waals surface area contributed by atoms with Crippen LogP contribution in [-0.4, -0.2) is 52.7 Å². The van der Waals surface area contributed by atoms with Crippen molar-refractivity contribution < 1.29 is 23.1 Å². The maximum Gasteiger partial charge on any atom is 0.305 e. The molecule has 1 aromatic carbocycles. The van der Waals surface area contributed by atoms with Gasteiger partial charge in [0.2, 0.25) is 0 Å². The summed E-state index contributed by atoms with van der Waals surface area (Å²) < 4.78 is 36.3. The first-order valence-corrected chi connectivity index (χ1v) is 13.2. The van der Waals surface area contributed by atoms with E-state index in [0.29, 0.717) is 36.8 Å². The van der Waals surface area contributed by atoms with E-state index in [1.807, 2.05) is 0 Å². The van der Waals surface area contributed by atoms with E-state index in [0.717, 1.165) is 23.1 Å². The zero-order chi connectivity index (χ0) is 24.7. The van der Waals surface area contributed by atoms with Gasteiger partial charge < -0.3 is 21.9 Å². The maximum atomic E-state index is 12.9. The summed E-state index contributed by atoms with van der Waals surface area (Å²) in [5, 5.41) is 13.5. The van der Waals surface area contributed by atoms with Gasteiger partial charge in [0.05, 0.1) is 28.7 Å². The number of nitrogens with zero attached hydrogens (tertiary/aromatic N) is 3. The van der Waals surface area contributed by atoms with Gasteiger partial charge >= 0.3 is 5.97 Å². The molecule has 3 rings (SSSR count). The number of carbonyl (C=O) groups is 2. The molecule has 0 aliphatic carbocycles. The smallest absolute Gasteiger partial charge is 0.305 e. The monoisotopic (exact) mass is 525 g/mol. The van der Waals surface area contributed by atoms with Crippen LogP contribution >= 0.6 is 23.1 Å². The first kappa shape index (κ1) is 25.3. The van der Waals surface area contributed by atoms with Gasteiger partial charge in [-0.3, -0.25) is 19.3 Å². The molecule has 1 atom stereocenters. The Morgan fingerprint density at radius 3 is 2.65 bits per heavy atom. The third-order valence-corrected chi connectivity index (χ3v) is 7.50. The number of carboxylic acid groups (broad SMARTS) is 1. The second kappa shape index (κ2) is 11.2. The van der Waals surface area contributed by atoms with Crippen LogP contribution in [0.3, 0.4) is 0 Å². The topological polar surface area (TPSA) is 203 Å². The summed E-state index contributed by atoms with van der Waals surface area (Å²) in [6, 6.07) is 5.19. The Balaban J connectivity index is 1.68. The normalized spacial score (nSPS) is 12.2. The van der Waals surface area contributed by atoms with Crippen molar-refractivity contribution >= 4 is 67.6 Å². The standard InChI is InChI=1S/C19H23N7O5S3/c20-19(21)22-7-2-1-3-11(9-16(27)28)23-18(29)17-14(6-8-32-17)26-34(30,31)12-4-5-13-15(10-12)25-33-24-13/h4-6,8,10-11,26H,1-3,7,9H2,(H,23,29)(H,27,28)(H4,20,21,22)/t11-/m0/s1. The van der Waals surface area contributed by atoms with Crippen LogP contribution in [0.25, 0.3) is 11.0 Å². The molecule has 0 saturated heterocycles. The van der Waals surface area contributed by atoms with Crippen molar-refractivity contribution in [3.63, 3.8) is 0 Å². The van der Waals surface area contributed by atoms with Gasteiger partial charge in [0.25, 0.3) is 15.9 Å². The Labute approximate surface area is 203 Å². The van der Waals surface area contributed by atoms with Crippen LogP contribution in [0.15, 0.2) is 39.5 Å². The van der Waals surface area contributed by atoms with Crippen molar-refractivity contribution in [3.8, 4) is 0 Å². The van der Waals surface area contributed by atoms with Gasteiger partial charge in [-0.15, -0.1) is 11.3 Å². The number of amides is 1. The molecule has 15 heteroatoms. The molecule has 2 heterocycles. The number of carbonyl (C=O) groups excluding carboxylic acids is 1. The second-order valence-corrected chi connectivity index (χ2v) is 10.4. The Hall–Kier alpha value is -3.30. The maximum absolute atomic E-state index is 12.9. The fourth-order valence-electron chi connectivity index (χ4n) is 3.10. The summed E-state index contributed by atoms with van der Waals surface area (Å²) in [5.74, 6) is -1.65. The Bertz CT molecular complexity index is 1300. The summed E-state index contributed by atoms with van der Waals surface area (Å²) in [6.07, 6.45) is 1.33. The van der Waals surface area contributed by atoms with E-state index in [9.17, 15) is 23.1 Å². The van der Waals surface area contributed by atoms with Crippen molar-refractivity contribution in [1.82, 2.24) is 14.1 Å². The number of anilines is 1. The highest BCUT2D eigenvalue weighted by Crippen LogP contribution is 2.26. The third kappa shape index (κ3) is 6.85. The number of hydrogen-bond acceptors (Lipinski definition) is 9. The second-order valence-electron chi connectivity index (χ2n) is 7.25. The van der Waals surface area contributed by atoms with Crippen molar-refractivity contribution in [2.24, 2.45) is 16.5 Å². The molecule has 12 nitrogen and oxygen atoms in total. The third-order valence-electron chi connectivity index (χ3n) is 4.66. The lowest BCUT2D eigenvalue weighted by Crippen LogP contribution is -2.36. The number of aliphatic carboxylic acids is 1. The van der Waals surface area contributed by atoms with Crippen LogP contribution in [0.4, 0.5) is 5.69 Å². The number of guanidine groups is 1. The number of sulfonamides is 1. The minimum absolute atomic E-state index is 0.0187. The number of unbranched alkanes of at least 4 members (excludes halogenated alkanes) is 1. The quantitative estimate of drug-likeness (QED) is 0.132. The number of aliphatic imine (C=N–C) groups is 1. The summed E-state index contributed by atoms with van der Waals surface area (Å²) in [7, 11) is -4.00. The summed E-state index contributed by atoms with van der Waals surface area (Å²) in [5.41, 5.74) is 11.7. The SMILES string of the molecule is NC(N)=NCCCC[C@@H](CC(=O)O)NC(=O)c1sccc1NS(=O)(=O)c1ccc2nsnc2c1. The molecule has 182 valence electrons. The number of thiophene rings is 1. The molecule has 7 N–H and O–H groups in total. The van der Waals surface area contributed by atoms with Crippen molar-refractivity contribution in [2.75, 3.05) is 11.3 Å². The zero-order valence-electron chi connectivity index (χ0n) is 17.8. The number of benzene rings is 1. The van der Waals surface area contributed by atoms with Crippen molar-refractivity contribution in [3.05, 3.63) is 34.5 Å². The van der Waals surface area contributed by atoms with Gasteiger partial charge in [-0.1, -0.05) is 0 Å². The lowest BCUT2D eigenvalue weighted by molar-refractivity contribution is -0.137. The number of aromatic nitrogens is 2. The highest BCUT2D eigenvalue weighted by Gasteiger charge is 2.23. The summed E-state index contributed by atoms with van der Waals surface area (Å²) in [6.45, 7) is 0.398. The molecule has 0 saturated carbocycles. The van der Waals surface area contributed by atoms with Gasteiger partial charge in [0.1, 0.15) is 15.9 Å². The lowest BCUT2D eigenvalue weighted by Gasteiger charge is -2.17. The van der Waals surface area contributed by atoms with Gasteiger partial charge in [0.15, 0.2) is 5.96 Å². The number of rotatable bonds is 12. The number of fused-ring (bicyclic) bond motifs is 1. The van der Waals surface area contributed by atoms with Crippen LogP contribution in [0.1, 0.15) is 35.4 Å². The predicted octanol–water partition coefficient (Wildman–Crippen LogP) is 1.57. The molecule has 0 radical (unpaired) electrons. The van der Waals surface area contributed by atoms with Crippen LogP contribution in [0.5, 0.6) is 0 Å². The van der Waals surface area contributed by atoms with E-state index in [1.165, 1.54) is 18.2 Å². The molecule has 0 aliphatic rings. The highest BCUT2D eigenvalue weighted by molar-refractivity contribution is 7.92. The molecular formula is C19H23N7O5S3. The number of nitrogens with one attached hydrogen (secondary N) is 2. The first-order valence-electron chi connectivity index (χ1n) is 10.1. The van der Waals surface area contributed by atoms with Gasteiger partial charge in [-0.2, -0.15) is 8.75 Å². The molecular weight excluding hydrogens is 502 g/mol. The minimum atomic E-state index is -4.00. The molecule has 34 heavy (non-hydrogen) atoms. The van der Waals surface area contributed by atoms with Gasteiger partial charge in [-0.05, 0) is 48.9 Å². The van der Waals surface area contributed by atoms with Gasteiger partial charge in [-0.25, -0.2) is 8.42 Å². The summed E-state index contributed by atoms with van der Waals surface area (Å²) >= 11 is 2.02. The number of carboxylic acids is 1. The Morgan fingerprint density at radius 2 is 1.91 bits per heavy atom. The van der Waals surface area contributed by atoms with E-state index in [1.54, 1.807) is 11.4 Å². The van der Waals surface area contributed by atoms with Crippen molar-refractivity contribution in [1.29, 1.82) is 0 Å². The first-order chi connectivity index (χ1) is 16.2. The van der Waals surface area contributed by atoms with E-state index in [4.69, 9.17) is 11.5 Å². The van der Waals surface area contributed by atoms with E-state index >= 15 is 0 Å². The van der Waals surface area contributed by atoms with Crippen LogP contribution in [-0.2, 0) is 14.8 Å². The fourth-order valence-corrected chi connectivity index (χ4v) is 5.52. The Kier molecular flexibility index (Phi) is 8.36. The number of nitrogens with two attached hydrogens (primary N) is 2. The summed E-state index contributed by atoms with van der Waals surface area (Å²) in [4.78, 5) is 28.1. The van der Waals surface area contributed by atoms with Crippen LogP contribution in [0, 0.1) is 0 Å². The largest absolute Gasteiger partial charge is 0.481 e. The number of hydrogen-bond donors (Lipinski definition) is 5. The zero-order valence-corrected chi connectivity index (χ0v) is 20.3. The lowest BCUT2D eigenvalue weighted by atomic mass is 10.1. The van der Waals surface area contributed by atoms with Gasteiger partial charge in [0, 0.05) is 12.6 Å². The molecule has 0 unspecified atom stereocenters. The molecule has 2 aromatic heterocycles. The molecule has 1 amide bonds. The predicted molar refractivity (Wildman–Crippen MR) is 131 cm³/mol. The average Bonchev–Trinajstić information content (AvgIpc) is 3.41. The van der Waals surface area contributed by atoms with Crippen LogP contribution < -0.4 is 21.5 Å². The molecule has 0 bridgehead atoms. The molecule has 3 aromatic rings. The fraction of sp³-hybridized carbons (Fsp3) is 0.316. The molecule has 0 aliphatic heterocycles. The van der Waals surface area contributed by atoms with Crippen molar-refractivity contribution in [2.45, 2.75) is 36.6 Å².